The zero-order valence-corrected chi connectivity index (χ0v) is 12.5. The standard InChI is InChI=1S/C15H18N2O3S/c1-20-13-6-3-2-5-11(13)17-15(19)16-9-8-12(18)14-7-4-10-21-14/h2-7,10,12,18H,8-9H2,1H3,(H2,16,17,19). The first kappa shape index (κ1) is 15.3. The molecule has 2 aromatic rings. The van der Waals surface area contributed by atoms with Gasteiger partial charge in [0.05, 0.1) is 18.9 Å². The Bertz CT molecular complexity index is 572. The smallest absolute Gasteiger partial charge is 0.319 e. The van der Waals surface area contributed by atoms with Crippen LogP contribution in [-0.2, 0) is 0 Å². The number of anilines is 1. The summed E-state index contributed by atoms with van der Waals surface area (Å²) in [5, 5.41) is 17.3. The van der Waals surface area contributed by atoms with Gasteiger partial charge in [-0.05, 0) is 30.0 Å². The number of methoxy groups -OCH3 is 1. The lowest BCUT2D eigenvalue weighted by atomic mass is 10.2. The monoisotopic (exact) mass is 306 g/mol. The van der Waals surface area contributed by atoms with Gasteiger partial charge < -0.3 is 20.5 Å². The highest BCUT2D eigenvalue weighted by molar-refractivity contribution is 7.10. The predicted molar refractivity (Wildman–Crippen MR) is 83.9 cm³/mol. The Morgan fingerprint density at radius 1 is 1.33 bits per heavy atom. The maximum absolute atomic E-state index is 11.8. The number of thiophene rings is 1. The third-order valence-corrected chi connectivity index (χ3v) is 3.90. The molecule has 2 rings (SSSR count). The Hall–Kier alpha value is -2.05. The number of rotatable bonds is 6. The molecule has 0 radical (unpaired) electrons. The van der Waals surface area contributed by atoms with E-state index in [1.54, 1.807) is 19.2 Å². The molecule has 1 aromatic heterocycles. The third kappa shape index (κ3) is 4.47. The van der Waals surface area contributed by atoms with Gasteiger partial charge in [0.1, 0.15) is 5.75 Å². The second-order valence-electron chi connectivity index (χ2n) is 4.40. The van der Waals surface area contributed by atoms with Gasteiger partial charge in [0.2, 0.25) is 0 Å². The van der Waals surface area contributed by atoms with Crippen LogP contribution in [0.3, 0.4) is 0 Å². The molecule has 0 aliphatic heterocycles. The summed E-state index contributed by atoms with van der Waals surface area (Å²) < 4.78 is 5.16. The molecular formula is C15H18N2O3S. The van der Waals surface area contributed by atoms with Gasteiger partial charge >= 0.3 is 6.03 Å². The Morgan fingerprint density at radius 3 is 2.86 bits per heavy atom. The number of nitrogens with one attached hydrogen (secondary N) is 2. The van der Waals surface area contributed by atoms with Crippen LogP contribution < -0.4 is 15.4 Å². The van der Waals surface area contributed by atoms with E-state index in [1.165, 1.54) is 11.3 Å². The van der Waals surface area contributed by atoms with Crippen molar-refractivity contribution in [2.24, 2.45) is 0 Å². The molecule has 21 heavy (non-hydrogen) atoms. The van der Waals surface area contributed by atoms with Gasteiger partial charge in [-0.25, -0.2) is 4.79 Å². The van der Waals surface area contributed by atoms with E-state index in [0.29, 0.717) is 24.4 Å². The lowest BCUT2D eigenvalue weighted by molar-refractivity contribution is 0.171. The lowest BCUT2D eigenvalue weighted by Crippen LogP contribution is -2.30. The van der Waals surface area contributed by atoms with Crippen LogP contribution in [0.25, 0.3) is 0 Å². The fraction of sp³-hybridized carbons (Fsp3) is 0.267. The molecule has 0 aliphatic rings. The minimum absolute atomic E-state index is 0.321. The van der Waals surface area contributed by atoms with Crippen molar-refractivity contribution >= 4 is 23.1 Å². The van der Waals surface area contributed by atoms with Gasteiger partial charge in [0.15, 0.2) is 0 Å². The Balaban J connectivity index is 1.77. The highest BCUT2D eigenvalue weighted by Gasteiger charge is 2.10. The number of amides is 2. The van der Waals surface area contributed by atoms with Crippen molar-refractivity contribution < 1.29 is 14.6 Å². The van der Waals surface area contributed by atoms with Crippen LogP contribution in [0.1, 0.15) is 17.4 Å². The maximum Gasteiger partial charge on any atom is 0.319 e. The van der Waals surface area contributed by atoms with E-state index in [-0.39, 0.29) is 6.03 Å². The fourth-order valence-corrected chi connectivity index (χ4v) is 2.61. The minimum Gasteiger partial charge on any atom is -0.495 e. The summed E-state index contributed by atoms with van der Waals surface area (Å²) in [5.74, 6) is 0.603. The zero-order valence-electron chi connectivity index (χ0n) is 11.7. The Morgan fingerprint density at radius 2 is 2.14 bits per heavy atom. The highest BCUT2D eigenvalue weighted by atomic mass is 32.1. The Kier molecular flexibility index (Phi) is 5.59. The van der Waals surface area contributed by atoms with Crippen molar-refractivity contribution in [1.82, 2.24) is 5.32 Å². The average Bonchev–Trinajstić information content (AvgIpc) is 3.02. The first-order valence-electron chi connectivity index (χ1n) is 6.60. The molecule has 1 atom stereocenters. The summed E-state index contributed by atoms with van der Waals surface area (Å²) in [5.41, 5.74) is 0.608. The first-order chi connectivity index (χ1) is 10.2. The highest BCUT2D eigenvalue weighted by Crippen LogP contribution is 2.23. The summed E-state index contributed by atoms with van der Waals surface area (Å²) in [6.45, 7) is 0.389. The topological polar surface area (TPSA) is 70.6 Å². The number of para-hydroxylation sites is 2. The van der Waals surface area contributed by atoms with E-state index in [9.17, 15) is 9.90 Å². The molecule has 0 spiro atoms. The van der Waals surface area contributed by atoms with Crippen molar-refractivity contribution in [3.05, 3.63) is 46.7 Å². The Labute approximate surface area is 127 Å². The lowest BCUT2D eigenvalue weighted by Gasteiger charge is -2.12. The molecule has 1 heterocycles. The van der Waals surface area contributed by atoms with Crippen LogP contribution in [0.15, 0.2) is 41.8 Å². The van der Waals surface area contributed by atoms with Gasteiger partial charge in [0, 0.05) is 11.4 Å². The molecule has 0 saturated carbocycles. The van der Waals surface area contributed by atoms with Crippen LogP contribution in [0.2, 0.25) is 0 Å². The second kappa shape index (κ2) is 7.66. The summed E-state index contributed by atoms with van der Waals surface area (Å²) in [4.78, 5) is 12.7. The van der Waals surface area contributed by atoms with Gasteiger partial charge in [0.25, 0.3) is 0 Å². The third-order valence-electron chi connectivity index (χ3n) is 2.93. The molecule has 3 N–H and O–H groups in total. The van der Waals surface area contributed by atoms with Gasteiger partial charge in [-0.1, -0.05) is 18.2 Å². The average molecular weight is 306 g/mol. The van der Waals surface area contributed by atoms with Gasteiger partial charge in [-0.3, -0.25) is 0 Å². The molecule has 0 aliphatic carbocycles. The summed E-state index contributed by atoms with van der Waals surface area (Å²) in [6.07, 6.45) is -0.0728. The van der Waals surface area contributed by atoms with Crippen LogP contribution in [0.5, 0.6) is 5.75 Å². The maximum atomic E-state index is 11.8. The van der Waals surface area contributed by atoms with Crippen LogP contribution in [0.4, 0.5) is 10.5 Å². The molecule has 0 fully saturated rings. The molecule has 6 heteroatoms. The van der Waals surface area contributed by atoms with E-state index in [2.05, 4.69) is 10.6 Å². The minimum atomic E-state index is -0.545. The summed E-state index contributed by atoms with van der Waals surface area (Å²) in [6, 6.07) is 10.6. The second-order valence-corrected chi connectivity index (χ2v) is 5.38. The van der Waals surface area contributed by atoms with Crippen molar-refractivity contribution in [1.29, 1.82) is 0 Å². The van der Waals surface area contributed by atoms with Crippen molar-refractivity contribution in [3.8, 4) is 5.75 Å². The van der Waals surface area contributed by atoms with Gasteiger partial charge in [-0.2, -0.15) is 0 Å². The van der Waals surface area contributed by atoms with Crippen LogP contribution >= 0.6 is 11.3 Å². The molecule has 5 nitrogen and oxygen atoms in total. The molecular weight excluding hydrogens is 288 g/mol. The number of aliphatic hydroxyl groups excluding tert-OH is 1. The van der Waals surface area contributed by atoms with Crippen molar-refractivity contribution in [2.75, 3.05) is 19.0 Å². The van der Waals surface area contributed by atoms with E-state index < -0.39 is 6.10 Å². The van der Waals surface area contributed by atoms with Crippen LogP contribution in [0, 0.1) is 0 Å². The number of benzene rings is 1. The van der Waals surface area contributed by atoms with E-state index in [0.717, 1.165) is 4.88 Å². The molecule has 0 bridgehead atoms. The molecule has 2 amide bonds. The van der Waals surface area contributed by atoms with Crippen molar-refractivity contribution in [2.45, 2.75) is 12.5 Å². The van der Waals surface area contributed by atoms with E-state index in [4.69, 9.17) is 4.74 Å². The number of urea groups is 1. The summed E-state index contributed by atoms with van der Waals surface area (Å²) in [7, 11) is 1.55. The SMILES string of the molecule is COc1ccccc1NC(=O)NCCC(O)c1cccs1. The quantitative estimate of drug-likeness (QED) is 0.768. The fourth-order valence-electron chi connectivity index (χ4n) is 1.86. The number of ether oxygens (including phenoxy) is 1. The number of carbonyl (C=O) groups is 1. The molecule has 112 valence electrons. The number of aliphatic hydroxyl groups is 1. The zero-order chi connectivity index (χ0) is 15.1. The van der Waals surface area contributed by atoms with Gasteiger partial charge in [-0.15, -0.1) is 11.3 Å². The van der Waals surface area contributed by atoms with E-state index >= 15 is 0 Å². The van der Waals surface area contributed by atoms with Crippen LogP contribution in [-0.4, -0.2) is 24.8 Å². The molecule has 1 aromatic carbocycles. The van der Waals surface area contributed by atoms with Crippen molar-refractivity contribution in [3.63, 3.8) is 0 Å². The largest absolute Gasteiger partial charge is 0.495 e. The number of hydrogen-bond acceptors (Lipinski definition) is 4. The predicted octanol–water partition coefficient (Wildman–Crippen LogP) is 3.00. The molecule has 1 unspecified atom stereocenters. The summed E-state index contributed by atoms with van der Waals surface area (Å²) >= 11 is 1.50. The first-order valence-corrected chi connectivity index (χ1v) is 7.48. The number of hydrogen-bond donors (Lipinski definition) is 3. The number of carbonyl (C=O) groups excluding carboxylic acids is 1. The normalized spacial score (nSPS) is 11.7. The molecule has 0 saturated heterocycles. The van der Waals surface area contributed by atoms with E-state index in [1.807, 2.05) is 29.6 Å².